The van der Waals surface area contributed by atoms with Crippen molar-refractivity contribution in [3.63, 3.8) is 0 Å². The number of aromatic nitrogens is 5. The largest absolute Gasteiger partial charge is 0.345 e. The van der Waals surface area contributed by atoms with Gasteiger partial charge in [-0.15, -0.1) is 16.9 Å². The number of thiocarbonyl (C=S) groups is 1. The summed E-state index contributed by atoms with van der Waals surface area (Å²) in [5.74, 6) is 0.770. The number of H-pyrrole nitrogens is 1. The molecule has 3 heterocycles. The van der Waals surface area contributed by atoms with E-state index in [9.17, 15) is 0 Å². The third-order valence-corrected chi connectivity index (χ3v) is 6.92. The van der Waals surface area contributed by atoms with Crippen molar-refractivity contribution in [3.05, 3.63) is 78.6 Å². The zero-order valence-corrected chi connectivity index (χ0v) is 19.8. The molecular formula is C24H20N8S2. The first kappa shape index (κ1) is 20.8. The van der Waals surface area contributed by atoms with Crippen molar-refractivity contribution >= 4 is 62.7 Å². The summed E-state index contributed by atoms with van der Waals surface area (Å²) < 4.78 is 1.79. The predicted molar refractivity (Wildman–Crippen MR) is 140 cm³/mol. The van der Waals surface area contributed by atoms with Crippen LogP contribution in [0.25, 0.3) is 22.1 Å². The standard InChI is InChI=1S/C24H20N8S2/c1-34-17-9-6-15(7-10-17)22-23(27-14-31-21-5-3-2-4-19(21)29-30-31)28-24(33)32(22)16-8-11-18-20(12-16)26-13-25-18/h2-13,22H,14H2,1H3,(H,25,26)(H,27,28,33). The highest BCUT2D eigenvalue weighted by atomic mass is 32.2. The Morgan fingerprint density at radius 3 is 2.76 bits per heavy atom. The summed E-state index contributed by atoms with van der Waals surface area (Å²) in [5.41, 5.74) is 5.71. The molecular weight excluding hydrogens is 464 g/mol. The van der Waals surface area contributed by atoms with Crippen LogP contribution in [0.4, 0.5) is 5.69 Å². The van der Waals surface area contributed by atoms with Crippen LogP contribution in [0.3, 0.4) is 0 Å². The zero-order valence-electron chi connectivity index (χ0n) is 18.2. The summed E-state index contributed by atoms with van der Waals surface area (Å²) in [6.07, 6.45) is 3.77. The Kier molecular flexibility index (Phi) is 5.23. The van der Waals surface area contributed by atoms with Crippen LogP contribution < -0.4 is 10.2 Å². The SMILES string of the molecule is CSc1ccc(C2C(=NCn3nnc4ccccc43)NC(=S)N2c2ccc3nc[nH]c3c2)cc1. The first-order valence-electron chi connectivity index (χ1n) is 10.7. The van der Waals surface area contributed by atoms with Gasteiger partial charge in [-0.25, -0.2) is 14.7 Å². The maximum absolute atomic E-state index is 5.79. The van der Waals surface area contributed by atoms with E-state index in [4.69, 9.17) is 17.2 Å². The number of hydrogen-bond acceptors (Lipinski definition) is 6. The molecule has 8 nitrogen and oxygen atoms in total. The summed E-state index contributed by atoms with van der Waals surface area (Å²) in [4.78, 5) is 15.7. The third-order valence-electron chi connectivity index (χ3n) is 5.88. The van der Waals surface area contributed by atoms with Gasteiger partial charge in [0.2, 0.25) is 0 Å². The molecule has 0 saturated carbocycles. The summed E-state index contributed by atoms with van der Waals surface area (Å²) in [5, 5.41) is 12.5. The monoisotopic (exact) mass is 484 g/mol. The van der Waals surface area contributed by atoms with Crippen molar-refractivity contribution in [1.29, 1.82) is 0 Å². The van der Waals surface area contributed by atoms with Gasteiger partial charge in [-0.05, 0) is 66.5 Å². The molecule has 1 atom stereocenters. The lowest BCUT2D eigenvalue weighted by Crippen LogP contribution is -2.29. The molecule has 2 aromatic heterocycles. The second-order valence-corrected chi connectivity index (χ2v) is 9.11. The van der Waals surface area contributed by atoms with E-state index in [1.165, 1.54) is 4.90 Å². The first-order chi connectivity index (χ1) is 16.7. The van der Waals surface area contributed by atoms with Gasteiger partial charge >= 0.3 is 0 Å². The van der Waals surface area contributed by atoms with Gasteiger partial charge in [-0.3, -0.25) is 0 Å². The molecule has 0 radical (unpaired) electrons. The molecule has 10 heteroatoms. The number of nitrogens with one attached hydrogen (secondary N) is 2. The Balaban J connectivity index is 1.42. The molecule has 0 bridgehead atoms. The number of amidine groups is 1. The van der Waals surface area contributed by atoms with Crippen LogP contribution in [-0.4, -0.2) is 42.2 Å². The average Bonchev–Trinajstić information content (AvgIpc) is 3.59. The zero-order chi connectivity index (χ0) is 23.1. The van der Waals surface area contributed by atoms with Crippen molar-refractivity contribution in [2.75, 3.05) is 11.2 Å². The number of aromatic amines is 1. The maximum atomic E-state index is 5.79. The van der Waals surface area contributed by atoms with Crippen LogP contribution in [0.15, 0.2) is 82.9 Å². The number of aliphatic imine (C=N–C) groups is 1. The topological polar surface area (TPSA) is 87.0 Å². The van der Waals surface area contributed by atoms with E-state index < -0.39 is 0 Å². The minimum absolute atomic E-state index is 0.196. The molecule has 6 rings (SSSR count). The molecule has 2 N–H and O–H groups in total. The Bertz CT molecular complexity index is 1540. The van der Waals surface area contributed by atoms with Gasteiger partial charge in [-0.1, -0.05) is 29.5 Å². The van der Waals surface area contributed by atoms with Gasteiger partial charge in [0.25, 0.3) is 0 Å². The van der Waals surface area contributed by atoms with Gasteiger partial charge < -0.3 is 15.2 Å². The Morgan fingerprint density at radius 1 is 1.06 bits per heavy atom. The highest BCUT2D eigenvalue weighted by Gasteiger charge is 2.36. The fourth-order valence-corrected chi connectivity index (χ4v) is 4.93. The number of nitrogens with zero attached hydrogens (tertiary/aromatic N) is 6. The maximum Gasteiger partial charge on any atom is 0.179 e. The van der Waals surface area contributed by atoms with Crippen LogP contribution in [0, 0.1) is 0 Å². The lowest BCUT2D eigenvalue weighted by Gasteiger charge is -2.25. The Morgan fingerprint density at radius 2 is 1.91 bits per heavy atom. The van der Waals surface area contributed by atoms with Crippen LogP contribution >= 0.6 is 24.0 Å². The Hall–Kier alpha value is -3.76. The van der Waals surface area contributed by atoms with Crippen LogP contribution in [0.2, 0.25) is 0 Å². The number of para-hydroxylation sites is 1. The second kappa shape index (κ2) is 8.54. The van der Waals surface area contributed by atoms with E-state index in [1.54, 1.807) is 22.8 Å². The minimum Gasteiger partial charge on any atom is -0.345 e. The molecule has 34 heavy (non-hydrogen) atoms. The first-order valence-corrected chi connectivity index (χ1v) is 12.3. The summed E-state index contributed by atoms with van der Waals surface area (Å²) in [6, 6.07) is 22.3. The van der Waals surface area contributed by atoms with E-state index in [0.717, 1.165) is 39.2 Å². The van der Waals surface area contributed by atoms with Crippen molar-refractivity contribution in [1.82, 2.24) is 30.3 Å². The third kappa shape index (κ3) is 3.61. The van der Waals surface area contributed by atoms with Gasteiger partial charge in [0, 0.05) is 10.6 Å². The van der Waals surface area contributed by atoms with Gasteiger partial charge in [0.1, 0.15) is 24.1 Å². The van der Waals surface area contributed by atoms with Gasteiger partial charge in [0.15, 0.2) is 5.11 Å². The van der Waals surface area contributed by atoms with E-state index in [-0.39, 0.29) is 6.04 Å². The van der Waals surface area contributed by atoms with E-state index in [0.29, 0.717) is 11.8 Å². The van der Waals surface area contributed by atoms with Crippen molar-refractivity contribution in [2.45, 2.75) is 17.6 Å². The number of imidazole rings is 1. The van der Waals surface area contributed by atoms with E-state index in [1.807, 2.05) is 36.4 Å². The van der Waals surface area contributed by atoms with Crippen molar-refractivity contribution in [2.24, 2.45) is 4.99 Å². The van der Waals surface area contributed by atoms with Crippen molar-refractivity contribution < 1.29 is 0 Å². The molecule has 1 unspecified atom stereocenters. The quantitative estimate of drug-likeness (QED) is 0.280. The lowest BCUT2D eigenvalue weighted by molar-refractivity contribution is 0.626. The molecule has 1 fully saturated rings. The van der Waals surface area contributed by atoms with Gasteiger partial charge in [0.05, 0.1) is 22.9 Å². The molecule has 0 amide bonds. The summed E-state index contributed by atoms with van der Waals surface area (Å²) in [6.45, 7) is 0.332. The van der Waals surface area contributed by atoms with Gasteiger partial charge in [-0.2, -0.15) is 0 Å². The molecule has 3 aromatic carbocycles. The fourth-order valence-electron chi connectivity index (χ4n) is 4.20. The minimum atomic E-state index is -0.196. The summed E-state index contributed by atoms with van der Waals surface area (Å²) >= 11 is 7.50. The highest BCUT2D eigenvalue weighted by molar-refractivity contribution is 7.98. The number of rotatable bonds is 5. The highest BCUT2D eigenvalue weighted by Crippen LogP contribution is 2.34. The molecule has 1 saturated heterocycles. The normalized spacial score (nSPS) is 17.2. The average molecular weight is 485 g/mol. The van der Waals surface area contributed by atoms with Crippen molar-refractivity contribution in [3.8, 4) is 0 Å². The second-order valence-electron chi connectivity index (χ2n) is 7.84. The number of fused-ring (bicyclic) bond motifs is 2. The number of hydrogen-bond donors (Lipinski definition) is 2. The number of anilines is 1. The van der Waals surface area contributed by atoms with E-state index in [2.05, 4.69) is 67.1 Å². The fraction of sp³-hybridized carbons (Fsp3) is 0.125. The molecule has 168 valence electrons. The summed E-state index contributed by atoms with van der Waals surface area (Å²) in [7, 11) is 0. The van der Waals surface area contributed by atoms with Crippen LogP contribution in [-0.2, 0) is 6.67 Å². The van der Waals surface area contributed by atoms with Crippen LogP contribution in [0.5, 0.6) is 0 Å². The van der Waals surface area contributed by atoms with Crippen LogP contribution in [0.1, 0.15) is 11.6 Å². The lowest BCUT2D eigenvalue weighted by atomic mass is 10.0. The number of benzene rings is 3. The Labute approximate surface area is 205 Å². The predicted octanol–water partition coefficient (Wildman–Crippen LogP) is 4.52. The molecule has 1 aliphatic rings. The van der Waals surface area contributed by atoms with E-state index >= 15 is 0 Å². The number of thioether (sulfide) groups is 1. The molecule has 5 aromatic rings. The molecule has 1 aliphatic heterocycles. The smallest absolute Gasteiger partial charge is 0.179 e. The molecule has 0 aliphatic carbocycles. The molecule has 0 spiro atoms.